The second-order valence-electron chi connectivity index (χ2n) is 9.01. The maximum absolute atomic E-state index is 12.9. The highest BCUT2D eigenvalue weighted by atomic mass is 32.2. The van der Waals surface area contributed by atoms with Crippen LogP contribution in [0.4, 0.5) is 5.69 Å². The molecule has 2 aromatic carbocycles. The normalized spacial score (nSPS) is 16.9. The van der Waals surface area contributed by atoms with Crippen molar-refractivity contribution in [1.82, 2.24) is 5.32 Å². The summed E-state index contributed by atoms with van der Waals surface area (Å²) in [6.45, 7) is 6.35. The van der Waals surface area contributed by atoms with Gasteiger partial charge in [0.05, 0.1) is 29.8 Å². The number of benzene rings is 2. The Labute approximate surface area is 207 Å². The van der Waals surface area contributed by atoms with Crippen molar-refractivity contribution in [3.63, 3.8) is 0 Å². The Morgan fingerprint density at radius 1 is 1.24 bits per heavy atom. The molecule has 1 N–H and O–H groups in total. The summed E-state index contributed by atoms with van der Waals surface area (Å²) in [5.74, 6) is -0.306. The number of anilines is 1. The highest BCUT2D eigenvalue weighted by molar-refractivity contribution is 8.26. The van der Waals surface area contributed by atoms with Crippen molar-refractivity contribution in [2.75, 3.05) is 18.6 Å². The number of thioether (sulfide) groups is 1. The molecule has 0 atom stereocenters. The lowest BCUT2D eigenvalue weighted by Crippen LogP contribution is -2.38. The SMILES string of the molecule is COC(=O)c1cc(CN2C(=O)COc3ccc(C=C4SC(=S)NC4=O)cc32)cc(C(C)(C)C)c1. The highest BCUT2D eigenvalue weighted by Gasteiger charge is 2.28. The lowest BCUT2D eigenvalue weighted by molar-refractivity contribution is -0.121. The van der Waals surface area contributed by atoms with Crippen LogP contribution >= 0.6 is 24.0 Å². The van der Waals surface area contributed by atoms with E-state index in [0.29, 0.717) is 26.2 Å². The minimum atomic E-state index is -0.430. The summed E-state index contributed by atoms with van der Waals surface area (Å²) in [5.41, 5.74) is 3.33. The molecule has 0 bridgehead atoms. The van der Waals surface area contributed by atoms with Gasteiger partial charge in [-0.05, 0) is 52.4 Å². The van der Waals surface area contributed by atoms with Gasteiger partial charge >= 0.3 is 5.97 Å². The van der Waals surface area contributed by atoms with Crippen molar-refractivity contribution in [3.8, 4) is 5.75 Å². The zero-order valence-electron chi connectivity index (χ0n) is 19.3. The summed E-state index contributed by atoms with van der Waals surface area (Å²) in [6.07, 6.45) is 1.73. The largest absolute Gasteiger partial charge is 0.482 e. The topological polar surface area (TPSA) is 84.9 Å². The van der Waals surface area contributed by atoms with Crippen LogP contribution in [-0.4, -0.2) is 35.8 Å². The molecule has 1 saturated heterocycles. The first-order valence-corrected chi connectivity index (χ1v) is 11.8. The molecule has 34 heavy (non-hydrogen) atoms. The smallest absolute Gasteiger partial charge is 0.337 e. The molecule has 0 radical (unpaired) electrons. The molecule has 9 heteroatoms. The number of esters is 1. The number of fused-ring (bicyclic) bond motifs is 1. The van der Waals surface area contributed by atoms with Gasteiger partial charge in [0.1, 0.15) is 10.1 Å². The first kappa shape index (κ1) is 24.0. The van der Waals surface area contributed by atoms with E-state index in [1.165, 1.54) is 18.9 Å². The van der Waals surface area contributed by atoms with Crippen LogP contribution in [0, 0.1) is 0 Å². The zero-order valence-corrected chi connectivity index (χ0v) is 20.9. The Kier molecular flexibility index (Phi) is 6.51. The summed E-state index contributed by atoms with van der Waals surface area (Å²) in [4.78, 5) is 39.3. The first-order chi connectivity index (χ1) is 16.0. The molecule has 0 saturated carbocycles. The third kappa shape index (κ3) is 5.00. The van der Waals surface area contributed by atoms with E-state index < -0.39 is 5.97 Å². The van der Waals surface area contributed by atoms with E-state index >= 15 is 0 Å². The molecule has 4 rings (SSSR count). The number of amides is 2. The predicted molar refractivity (Wildman–Crippen MR) is 136 cm³/mol. The van der Waals surface area contributed by atoms with Gasteiger partial charge in [0.2, 0.25) is 0 Å². The van der Waals surface area contributed by atoms with E-state index in [1.54, 1.807) is 23.1 Å². The number of methoxy groups -OCH3 is 1. The average molecular weight is 497 g/mol. The third-order valence-corrected chi connectivity index (χ3v) is 6.65. The van der Waals surface area contributed by atoms with Crippen LogP contribution in [-0.2, 0) is 26.3 Å². The highest BCUT2D eigenvalue weighted by Crippen LogP contribution is 2.36. The molecule has 1 fully saturated rings. The number of thiocarbonyl (C=S) groups is 1. The maximum atomic E-state index is 12.9. The van der Waals surface area contributed by atoms with Gasteiger partial charge in [-0.2, -0.15) is 0 Å². The van der Waals surface area contributed by atoms with Crippen molar-refractivity contribution in [3.05, 3.63) is 63.6 Å². The van der Waals surface area contributed by atoms with Crippen molar-refractivity contribution >= 4 is 57.8 Å². The second-order valence-corrected chi connectivity index (χ2v) is 10.7. The fourth-order valence-corrected chi connectivity index (χ4v) is 4.73. The summed E-state index contributed by atoms with van der Waals surface area (Å²) in [7, 11) is 1.35. The molecule has 2 heterocycles. The lowest BCUT2D eigenvalue weighted by atomic mass is 9.85. The van der Waals surface area contributed by atoms with Gasteiger partial charge in [-0.15, -0.1) is 0 Å². The Bertz CT molecular complexity index is 1250. The number of rotatable bonds is 4. The van der Waals surface area contributed by atoms with Crippen LogP contribution < -0.4 is 15.0 Å². The summed E-state index contributed by atoms with van der Waals surface area (Å²) >= 11 is 6.25. The van der Waals surface area contributed by atoms with E-state index in [4.69, 9.17) is 21.7 Å². The number of ether oxygens (including phenoxy) is 2. The number of hydrogen-bond acceptors (Lipinski definition) is 7. The van der Waals surface area contributed by atoms with E-state index in [0.717, 1.165) is 16.7 Å². The molecular formula is C25H24N2O5S2. The number of nitrogens with zero attached hydrogens (tertiary/aromatic N) is 1. The van der Waals surface area contributed by atoms with E-state index in [-0.39, 0.29) is 30.4 Å². The lowest BCUT2D eigenvalue weighted by Gasteiger charge is -2.30. The summed E-state index contributed by atoms with van der Waals surface area (Å²) in [5, 5.41) is 2.59. The Balaban J connectivity index is 1.72. The van der Waals surface area contributed by atoms with Crippen LogP contribution in [0.1, 0.15) is 47.8 Å². The molecule has 176 valence electrons. The van der Waals surface area contributed by atoms with Gasteiger partial charge < -0.3 is 19.7 Å². The molecule has 2 aliphatic heterocycles. The van der Waals surface area contributed by atoms with E-state index in [1.807, 2.05) is 24.3 Å². The number of carbonyl (C=O) groups is 3. The van der Waals surface area contributed by atoms with Gasteiger partial charge in [0, 0.05) is 0 Å². The Morgan fingerprint density at radius 3 is 2.65 bits per heavy atom. The van der Waals surface area contributed by atoms with E-state index in [2.05, 4.69) is 26.1 Å². The molecule has 0 spiro atoms. The molecule has 2 aliphatic rings. The van der Waals surface area contributed by atoms with E-state index in [9.17, 15) is 14.4 Å². The van der Waals surface area contributed by atoms with Gasteiger partial charge in [-0.25, -0.2) is 4.79 Å². The third-order valence-electron chi connectivity index (χ3n) is 5.49. The van der Waals surface area contributed by atoms with Gasteiger partial charge in [-0.3, -0.25) is 9.59 Å². The summed E-state index contributed by atoms with van der Waals surface area (Å²) < 4.78 is 11.0. The molecular weight excluding hydrogens is 472 g/mol. The fraction of sp³-hybridized carbons (Fsp3) is 0.280. The quantitative estimate of drug-likeness (QED) is 0.386. The second kappa shape index (κ2) is 9.23. The molecule has 0 aromatic heterocycles. The summed E-state index contributed by atoms with van der Waals surface area (Å²) in [6, 6.07) is 11.0. The first-order valence-electron chi connectivity index (χ1n) is 10.6. The van der Waals surface area contributed by atoms with Gasteiger partial charge in [-0.1, -0.05) is 56.9 Å². The average Bonchev–Trinajstić information content (AvgIpc) is 3.10. The minimum absolute atomic E-state index is 0.0806. The zero-order chi connectivity index (χ0) is 24.6. The molecule has 2 amide bonds. The van der Waals surface area contributed by atoms with Crippen LogP contribution in [0.15, 0.2) is 41.3 Å². The van der Waals surface area contributed by atoms with Gasteiger partial charge in [0.15, 0.2) is 6.61 Å². The Morgan fingerprint density at radius 2 is 2.00 bits per heavy atom. The standard InChI is InChI=1S/C25H24N2O5S2/c1-25(2,3)17-8-15(7-16(11-17)23(30)31-4)12-27-18-9-14(5-6-19(18)32-13-21(27)28)10-20-22(29)26-24(33)34-20/h5-11H,12-13H2,1-4H3,(H,26,29,33). The maximum Gasteiger partial charge on any atom is 0.337 e. The number of nitrogens with one attached hydrogen (secondary N) is 1. The number of carbonyl (C=O) groups excluding carboxylic acids is 3. The van der Waals surface area contributed by atoms with Crippen LogP contribution in [0.25, 0.3) is 6.08 Å². The van der Waals surface area contributed by atoms with Crippen LogP contribution in [0.2, 0.25) is 0 Å². The number of hydrogen-bond donors (Lipinski definition) is 1. The van der Waals surface area contributed by atoms with Crippen molar-refractivity contribution < 1.29 is 23.9 Å². The van der Waals surface area contributed by atoms with Crippen molar-refractivity contribution in [2.45, 2.75) is 32.7 Å². The molecule has 2 aromatic rings. The molecule has 0 unspecified atom stereocenters. The molecule has 7 nitrogen and oxygen atoms in total. The van der Waals surface area contributed by atoms with Gasteiger partial charge in [0.25, 0.3) is 11.8 Å². The fourth-order valence-electron chi connectivity index (χ4n) is 3.69. The van der Waals surface area contributed by atoms with Crippen LogP contribution in [0.5, 0.6) is 5.75 Å². The predicted octanol–water partition coefficient (Wildman–Crippen LogP) is 4.19. The van der Waals surface area contributed by atoms with Crippen molar-refractivity contribution in [1.29, 1.82) is 0 Å². The monoisotopic (exact) mass is 496 g/mol. The molecule has 0 aliphatic carbocycles. The van der Waals surface area contributed by atoms with Crippen LogP contribution in [0.3, 0.4) is 0 Å². The Hall–Kier alpha value is -3.17. The minimum Gasteiger partial charge on any atom is -0.482 e. The van der Waals surface area contributed by atoms with Crippen molar-refractivity contribution in [2.24, 2.45) is 0 Å².